The zero-order valence-corrected chi connectivity index (χ0v) is 17.3. The van der Waals surface area contributed by atoms with Gasteiger partial charge in [0.15, 0.2) is 17.3 Å². The van der Waals surface area contributed by atoms with Gasteiger partial charge in [-0.25, -0.2) is 0 Å². The van der Waals surface area contributed by atoms with Crippen LogP contribution in [-0.4, -0.2) is 27.7 Å². The molecule has 3 aromatic rings. The van der Waals surface area contributed by atoms with E-state index in [-0.39, 0.29) is 47.5 Å². The van der Waals surface area contributed by atoms with Gasteiger partial charge in [0, 0.05) is 34.0 Å². The molecule has 0 spiro atoms. The Hall–Kier alpha value is -3.86. The van der Waals surface area contributed by atoms with Gasteiger partial charge in [0.25, 0.3) is 11.2 Å². The van der Waals surface area contributed by atoms with Crippen molar-refractivity contribution in [3.05, 3.63) is 77.4 Å². The first-order valence-corrected chi connectivity index (χ1v) is 10.8. The van der Waals surface area contributed by atoms with Gasteiger partial charge in [0.05, 0.1) is 22.5 Å². The highest BCUT2D eigenvalue weighted by molar-refractivity contribution is 7.10. The van der Waals surface area contributed by atoms with Crippen LogP contribution in [0.2, 0.25) is 0 Å². The SMILES string of the molecule is O=C1CC(c2cccs2)CC2=C1C(c1cc3c(cc1[N+](=O)[O-])OCO3)c1c([nH][nH]c1=O)N2. The Labute approximate surface area is 184 Å². The molecule has 0 saturated carbocycles. The summed E-state index contributed by atoms with van der Waals surface area (Å²) in [6.07, 6.45) is 0.830. The van der Waals surface area contributed by atoms with E-state index >= 15 is 0 Å². The van der Waals surface area contributed by atoms with Crippen LogP contribution in [0, 0.1) is 10.1 Å². The summed E-state index contributed by atoms with van der Waals surface area (Å²) in [5, 5.41) is 22.5. The van der Waals surface area contributed by atoms with Crippen LogP contribution in [0.25, 0.3) is 0 Å². The van der Waals surface area contributed by atoms with E-state index in [2.05, 4.69) is 15.5 Å². The van der Waals surface area contributed by atoms with Crippen molar-refractivity contribution in [2.75, 3.05) is 12.1 Å². The predicted octanol–water partition coefficient (Wildman–Crippen LogP) is 3.36. The zero-order valence-electron chi connectivity index (χ0n) is 16.5. The second-order valence-electron chi connectivity index (χ2n) is 7.88. The van der Waals surface area contributed by atoms with Crippen LogP contribution in [-0.2, 0) is 4.79 Å². The number of nitrogens with one attached hydrogen (secondary N) is 3. The van der Waals surface area contributed by atoms with E-state index in [1.165, 1.54) is 12.1 Å². The normalized spacial score (nSPS) is 21.2. The van der Waals surface area contributed by atoms with Crippen molar-refractivity contribution in [1.29, 1.82) is 0 Å². The molecule has 4 heterocycles. The number of ketones is 1. The highest BCUT2D eigenvalue weighted by atomic mass is 32.1. The van der Waals surface area contributed by atoms with Crippen LogP contribution >= 0.6 is 11.3 Å². The van der Waals surface area contributed by atoms with Crippen molar-refractivity contribution in [3.8, 4) is 11.5 Å². The number of carbonyl (C=O) groups excluding carboxylic acids is 1. The van der Waals surface area contributed by atoms with Gasteiger partial charge >= 0.3 is 0 Å². The number of aromatic nitrogens is 2. The Kier molecular flexibility index (Phi) is 4.02. The summed E-state index contributed by atoms with van der Waals surface area (Å²) in [4.78, 5) is 38.7. The molecule has 2 atom stereocenters. The molecule has 32 heavy (non-hydrogen) atoms. The summed E-state index contributed by atoms with van der Waals surface area (Å²) >= 11 is 1.59. The van der Waals surface area contributed by atoms with Gasteiger partial charge in [0.2, 0.25) is 6.79 Å². The first-order valence-electron chi connectivity index (χ1n) is 9.96. The molecule has 0 radical (unpaired) electrons. The Bertz CT molecular complexity index is 1370. The maximum Gasteiger partial charge on any atom is 0.277 e. The average molecular weight is 452 g/mol. The number of nitro benzene ring substituents is 1. The van der Waals surface area contributed by atoms with E-state index in [0.717, 1.165) is 4.88 Å². The lowest BCUT2D eigenvalue weighted by Gasteiger charge is -2.34. The molecule has 0 bridgehead atoms. The maximum atomic E-state index is 13.4. The topological polar surface area (TPSA) is 139 Å². The minimum Gasteiger partial charge on any atom is -0.454 e. The number of thiophene rings is 1. The minimum atomic E-state index is -0.900. The molecule has 2 aromatic heterocycles. The number of aromatic amines is 2. The van der Waals surface area contributed by atoms with Crippen molar-refractivity contribution < 1.29 is 19.2 Å². The fourth-order valence-corrected chi connectivity index (χ4v) is 5.62. The third kappa shape index (κ3) is 2.71. The number of benzene rings is 1. The summed E-state index contributed by atoms with van der Waals surface area (Å²) in [5.74, 6) is -0.0129. The number of anilines is 1. The molecule has 1 aliphatic carbocycles. The molecule has 2 unspecified atom stereocenters. The summed E-state index contributed by atoms with van der Waals surface area (Å²) in [7, 11) is 0. The zero-order chi connectivity index (χ0) is 22.0. The molecule has 162 valence electrons. The average Bonchev–Trinajstić information content (AvgIpc) is 3.52. The number of fused-ring (bicyclic) bond motifs is 2. The minimum absolute atomic E-state index is 0.00773. The summed E-state index contributed by atoms with van der Waals surface area (Å²) in [6, 6.07) is 6.75. The first-order chi connectivity index (χ1) is 15.5. The van der Waals surface area contributed by atoms with Gasteiger partial charge < -0.3 is 14.8 Å². The van der Waals surface area contributed by atoms with Crippen molar-refractivity contribution in [3.63, 3.8) is 0 Å². The largest absolute Gasteiger partial charge is 0.454 e. The quantitative estimate of drug-likeness (QED) is 0.409. The van der Waals surface area contributed by atoms with Gasteiger partial charge in [-0.1, -0.05) is 6.07 Å². The molecule has 1 aromatic carbocycles. The van der Waals surface area contributed by atoms with Gasteiger partial charge in [-0.05, 0) is 23.9 Å². The fraction of sp³-hybridized carbons (Fsp3) is 0.238. The first kappa shape index (κ1) is 18.9. The highest BCUT2D eigenvalue weighted by Crippen LogP contribution is 2.50. The van der Waals surface area contributed by atoms with Crippen LogP contribution < -0.4 is 20.3 Å². The number of allylic oxidation sites excluding steroid dienone is 2. The van der Waals surface area contributed by atoms with E-state index in [4.69, 9.17) is 9.47 Å². The number of Topliss-reactive ketones (excluding diaryl/α,β-unsaturated/α-hetero) is 1. The van der Waals surface area contributed by atoms with Gasteiger partial charge in [-0.15, -0.1) is 11.3 Å². The number of hydrogen-bond acceptors (Lipinski definition) is 8. The Morgan fingerprint density at radius 3 is 2.69 bits per heavy atom. The number of carbonyl (C=O) groups is 1. The van der Waals surface area contributed by atoms with Gasteiger partial charge in [-0.2, -0.15) is 0 Å². The number of ether oxygens (including phenoxy) is 2. The van der Waals surface area contributed by atoms with E-state index in [1.807, 2.05) is 17.5 Å². The van der Waals surface area contributed by atoms with E-state index < -0.39 is 16.4 Å². The lowest BCUT2D eigenvalue weighted by Crippen LogP contribution is -2.31. The second-order valence-corrected chi connectivity index (χ2v) is 8.86. The van der Waals surface area contributed by atoms with Crippen LogP contribution in [0.4, 0.5) is 11.5 Å². The van der Waals surface area contributed by atoms with E-state index in [0.29, 0.717) is 29.3 Å². The molecule has 0 fully saturated rings. The number of hydrogen-bond donors (Lipinski definition) is 3. The molecule has 10 nitrogen and oxygen atoms in total. The van der Waals surface area contributed by atoms with Crippen LogP contribution in [0.1, 0.15) is 40.7 Å². The van der Waals surface area contributed by atoms with Crippen molar-refractivity contribution in [1.82, 2.24) is 10.2 Å². The monoisotopic (exact) mass is 452 g/mol. The Balaban J connectivity index is 1.56. The Morgan fingerprint density at radius 1 is 1.12 bits per heavy atom. The van der Waals surface area contributed by atoms with Gasteiger partial charge in [-0.3, -0.25) is 29.9 Å². The standard InChI is InChI=1S/C21H16N4O6S/c26-13-5-9(16-2-1-3-32-16)4-11-18(13)17(19-20(22-11)23-24-21(19)27)10-6-14-15(31-8-30-14)7-12(10)25(28)29/h1-3,6-7,9,17H,4-5,8H2,(H3,22,23,24,27). The Morgan fingerprint density at radius 2 is 1.94 bits per heavy atom. The van der Waals surface area contributed by atoms with Crippen molar-refractivity contribution in [2.24, 2.45) is 0 Å². The summed E-state index contributed by atoms with van der Waals surface area (Å²) < 4.78 is 10.7. The second kappa shape index (κ2) is 6.82. The van der Waals surface area contributed by atoms with Crippen molar-refractivity contribution in [2.45, 2.75) is 24.7 Å². The molecule has 0 amide bonds. The molecule has 3 N–H and O–H groups in total. The number of H-pyrrole nitrogens is 2. The van der Waals surface area contributed by atoms with E-state index in [9.17, 15) is 19.7 Å². The van der Waals surface area contributed by atoms with Crippen molar-refractivity contribution >= 4 is 28.6 Å². The summed E-state index contributed by atoms with van der Waals surface area (Å²) in [6.45, 7) is -0.0481. The lowest BCUT2D eigenvalue weighted by molar-refractivity contribution is -0.385. The third-order valence-corrected chi connectivity index (χ3v) is 7.19. The predicted molar refractivity (Wildman–Crippen MR) is 114 cm³/mol. The van der Waals surface area contributed by atoms with E-state index in [1.54, 1.807) is 11.3 Å². The number of nitro groups is 1. The van der Waals surface area contributed by atoms with Crippen LogP contribution in [0.15, 0.2) is 45.7 Å². The molecule has 2 aliphatic heterocycles. The molecular weight excluding hydrogens is 436 g/mol. The number of rotatable bonds is 3. The molecule has 6 rings (SSSR count). The fourth-order valence-electron chi connectivity index (χ4n) is 4.79. The number of nitrogens with zero attached hydrogens (tertiary/aromatic N) is 1. The smallest absolute Gasteiger partial charge is 0.277 e. The highest BCUT2D eigenvalue weighted by Gasteiger charge is 2.43. The lowest BCUT2D eigenvalue weighted by atomic mass is 9.73. The maximum absolute atomic E-state index is 13.4. The summed E-state index contributed by atoms with van der Waals surface area (Å²) in [5.41, 5.74) is 0.852. The third-order valence-electron chi connectivity index (χ3n) is 6.15. The molecule has 0 saturated heterocycles. The van der Waals surface area contributed by atoms with Crippen LogP contribution in [0.5, 0.6) is 11.5 Å². The van der Waals surface area contributed by atoms with Gasteiger partial charge in [0.1, 0.15) is 5.82 Å². The van der Waals surface area contributed by atoms with Crippen LogP contribution in [0.3, 0.4) is 0 Å². The molecule has 3 aliphatic rings. The molecule has 11 heteroatoms. The molecular formula is C21H16N4O6S.